The van der Waals surface area contributed by atoms with E-state index < -0.39 is 0 Å². The second-order valence-electron chi connectivity index (χ2n) is 2.96. The normalized spacial score (nSPS) is 9.87. The van der Waals surface area contributed by atoms with Gasteiger partial charge in [-0.05, 0) is 12.1 Å². The van der Waals surface area contributed by atoms with E-state index in [0.717, 1.165) is 0 Å². The Kier molecular flexibility index (Phi) is 2.46. The number of halogens is 1. The minimum Gasteiger partial charge on any atom is -0.233 e. The van der Waals surface area contributed by atoms with Crippen LogP contribution >= 0.6 is 0 Å². The average Bonchev–Trinajstić information content (AvgIpc) is 2.67. The number of hydrogen-bond donors (Lipinski definition) is 0. The van der Waals surface area contributed by atoms with Gasteiger partial charge in [0.05, 0.1) is 11.9 Å². The Bertz CT molecular complexity index is 511. The molecule has 0 unspecified atom stereocenters. The third-order valence-electron chi connectivity index (χ3n) is 2.01. The van der Waals surface area contributed by atoms with Crippen LogP contribution in [0.2, 0.25) is 0 Å². The van der Waals surface area contributed by atoms with Gasteiger partial charge in [-0.3, -0.25) is 0 Å². The molecular formula is C11H8FN3. The number of nitrogens with zero attached hydrogens (tertiary/aromatic N) is 3. The highest BCUT2D eigenvalue weighted by Crippen LogP contribution is 2.20. The van der Waals surface area contributed by atoms with Crippen LogP contribution in [0.25, 0.3) is 11.3 Å². The molecule has 4 heteroatoms. The zero-order valence-electron chi connectivity index (χ0n) is 7.89. The predicted molar refractivity (Wildman–Crippen MR) is 54.2 cm³/mol. The second kappa shape index (κ2) is 3.93. The first-order valence-corrected chi connectivity index (χ1v) is 4.40. The van der Waals surface area contributed by atoms with Crippen molar-refractivity contribution >= 4 is 0 Å². The molecular weight excluding hydrogens is 193 g/mol. The van der Waals surface area contributed by atoms with Gasteiger partial charge in [-0.2, -0.15) is 0 Å². The van der Waals surface area contributed by atoms with Crippen LogP contribution in [0, 0.1) is 18.2 Å². The molecule has 1 heterocycles. The van der Waals surface area contributed by atoms with Gasteiger partial charge in [-0.25, -0.2) is 9.07 Å². The molecule has 74 valence electrons. The first-order chi connectivity index (χ1) is 7.33. The Balaban J connectivity index is 2.51. The number of hydrogen-bond acceptors (Lipinski definition) is 2. The van der Waals surface area contributed by atoms with Crippen LogP contribution in [-0.4, -0.2) is 15.0 Å². The van der Waals surface area contributed by atoms with Crippen molar-refractivity contribution in [1.82, 2.24) is 15.0 Å². The summed E-state index contributed by atoms with van der Waals surface area (Å²) in [6, 6.07) is 6.45. The third kappa shape index (κ3) is 1.72. The smallest absolute Gasteiger partial charge is 0.132 e. The Morgan fingerprint density at radius 1 is 1.40 bits per heavy atom. The molecule has 0 bridgehead atoms. The highest BCUT2D eigenvalue weighted by Gasteiger charge is 2.09. The molecule has 2 aromatic rings. The molecule has 0 N–H and O–H groups in total. The lowest BCUT2D eigenvalue weighted by atomic mass is 10.1. The number of aromatic nitrogens is 3. The Hall–Kier alpha value is -2.15. The van der Waals surface area contributed by atoms with E-state index in [9.17, 15) is 4.39 Å². The topological polar surface area (TPSA) is 30.7 Å². The minimum absolute atomic E-state index is 0.281. The van der Waals surface area contributed by atoms with Gasteiger partial charge in [0.1, 0.15) is 12.4 Å². The molecule has 0 aliphatic rings. The van der Waals surface area contributed by atoms with Crippen molar-refractivity contribution in [2.45, 2.75) is 6.54 Å². The van der Waals surface area contributed by atoms with Gasteiger partial charge < -0.3 is 0 Å². The molecule has 0 aliphatic carbocycles. The Morgan fingerprint density at radius 2 is 2.20 bits per heavy atom. The summed E-state index contributed by atoms with van der Waals surface area (Å²) in [4.78, 5) is 0. The maximum absolute atomic E-state index is 13.5. The highest BCUT2D eigenvalue weighted by atomic mass is 19.1. The molecule has 0 radical (unpaired) electrons. The van der Waals surface area contributed by atoms with Crippen molar-refractivity contribution in [1.29, 1.82) is 0 Å². The maximum Gasteiger partial charge on any atom is 0.132 e. The largest absolute Gasteiger partial charge is 0.233 e. The van der Waals surface area contributed by atoms with E-state index >= 15 is 0 Å². The number of rotatable bonds is 2. The second-order valence-corrected chi connectivity index (χ2v) is 2.96. The fraction of sp³-hybridized carbons (Fsp3) is 0.0909. The predicted octanol–water partition coefficient (Wildman–Crippen LogP) is 1.72. The molecule has 1 aromatic heterocycles. The van der Waals surface area contributed by atoms with Gasteiger partial charge in [-0.15, -0.1) is 11.5 Å². The van der Waals surface area contributed by atoms with Crippen molar-refractivity contribution in [3.8, 4) is 23.6 Å². The van der Waals surface area contributed by atoms with Gasteiger partial charge in [0.25, 0.3) is 0 Å². The Labute approximate surface area is 86.5 Å². The van der Waals surface area contributed by atoms with Crippen molar-refractivity contribution in [3.63, 3.8) is 0 Å². The highest BCUT2D eigenvalue weighted by molar-refractivity contribution is 5.59. The van der Waals surface area contributed by atoms with E-state index in [1.165, 1.54) is 16.9 Å². The molecule has 1 aromatic carbocycles. The maximum atomic E-state index is 13.5. The summed E-state index contributed by atoms with van der Waals surface area (Å²) in [5.74, 6) is 2.13. The summed E-state index contributed by atoms with van der Waals surface area (Å²) in [5, 5.41) is 7.49. The summed E-state index contributed by atoms with van der Waals surface area (Å²) < 4.78 is 14.9. The van der Waals surface area contributed by atoms with Crippen LogP contribution in [0.1, 0.15) is 0 Å². The minimum atomic E-state index is -0.307. The number of benzene rings is 1. The zero-order valence-corrected chi connectivity index (χ0v) is 7.89. The average molecular weight is 201 g/mol. The van der Waals surface area contributed by atoms with Gasteiger partial charge in [-0.1, -0.05) is 23.3 Å². The molecule has 15 heavy (non-hydrogen) atoms. The van der Waals surface area contributed by atoms with E-state index in [1.54, 1.807) is 18.2 Å². The molecule has 0 amide bonds. The number of terminal acetylenes is 1. The van der Waals surface area contributed by atoms with Crippen LogP contribution in [0.15, 0.2) is 30.5 Å². The van der Waals surface area contributed by atoms with E-state index in [-0.39, 0.29) is 12.4 Å². The van der Waals surface area contributed by atoms with Crippen LogP contribution in [0.4, 0.5) is 4.39 Å². The van der Waals surface area contributed by atoms with Crippen LogP contribution in [0.3, 0.4) is 0 Å². The van der Waals surface area contributed by atoms with Crippen molar-refractivity contribution in [2.24, 2.45) is 0 Å². The van der Waals surface area contributed by atoms with Gasteiger partial charge in [0, 0.05) is 5.56 Å². The third-order valence-corrected chi connectivity index (χ3v) is 2.01. The lowest BCUT2D eigenvalue weighted by molar-refractivity contribution is 0.624. The van der Waals surface area contributed by atoms with Gasteiger partial charge in [0.2, 0.25) is 0 Å². The summed E-state index contributed by atoms with van der Waals surface area (Å²) in [6.45, 7) is 0.281. The van der Waals surface area contributed by atoms with Crippen molar-refractivity contribution in [3.05, 3.63) is 36.3 Å². The molecule has 0 spiro atoms. The van der Waals surface area contributed by atoms with Crippen molar-refractivity contribution in [2.75, 3.05) is 0 Å². The van der Waals surface area contributed by atoms with E-state index in [2.05, 4.69) is 16.2 Å². The molecule has 0 saturated carbocycles. The fourth-order valence-corrected chi connectivity index (χ4v) is 1.34. The molecule has 3 nitrogen and oxygen atoms in total. The zero-order chi connectivity index (χ0) is 10.7. The molecule has 0 aliphatic heterocycles. The Morgan fingerprint density at radius 3 is 2.93 bits per heavy atom. The standard InChI is InChI=1S/C11H8FN3/c1-2-7-15-11(8-13-14-15)9-5-3-4-6-10(9)12/h1,3-6,8H,7H2. The summed E-state index contributed by atoms with van der Waals surface area (Å²) >= 11 is 0. The first-order valence-electron chi connectivity index (χ1n) is 4.40. The summed E-state index contributed by atoms with van der Waals surface area (Å²) in [6.07, 6.45) is 6.67. The first kappa shape index (κ1) is 9.41. The SMILES string of the molecule is C#CCn1nncc1-c1ccccc1F. The van der Waals surface area contributed by atoms with Crippen LogP contribution in [-0.2, 0) is 6.54 Å². The fourth-order valence-electron chi connectivity index (χ4n) is 1.34. The van der Waals surface area contributed by atoms with E-state index in [4.69, 9.17) is 6.42 Å². The van der Waals surface area contributed by atoms with Gasteiger partial charge >= 0.3 is 0 Å². The molecule has 2 rings (SSSR count). The van der Waals surface area contributed by atoms with Gasteiger partial charge in [0.15, 0.2) is 0 Å². The lowest BCUT2D eigenvalue weighted by Gasteiger charge is -2.03. The monoisotopic (exact) mass is 201 g/mol. The van der Waals surface area contributed by atoms with E-state index in [0.29, 0.717) is 11.3 Å². The summed E-state index contributed by atoms with van der Waals surface area (Å²) in [7, 11) is 0. The van der Waals surface area contributed by atoms with E-state index in [1.807, 2.05) is 0 Å². The molecule has 0 fully saturated rings. The molecule has 0 saturated heterocycles. The molecule has 0 atom stereocenters. The van der Waals surface area contributed by atoms with Crippen molar-refractivity contribution < 1.29 is 4.39 Å². The lowest BCUT2D eigenvalue weighted by Crippen LogP contribution is -2.01. The van der Waals surface area contributed by atoms with Crippen LogP contribution < -0.4 is 0 Å². The van der Waals surface area contributed by atoms with Crippen LogP contribution in [0.5, 0.6) is 0 Å². The quantitative estimate of drug-likeness (QED) is 0.692. The summed E-state index contributed by atoms with van der Waals surface area (Å²) in [5.41, 5.74) is 1.05.